The van der Waals surface area contributed by atoms with Crippen LogP contribution >= 0.6 is 35.4 Å². The lowest BCUT2D eigenvalue weighted by Crippen LogP contribution is -2.58. The van der Waals surface area contributed by atoms with Gasteiger partial charge in [0, 0.05) is 17.3 Å². The summed E-state index contributed by atoms with van der Waals surface area (Å²) in [4.78, 5) is 30.2. The summed E-state index contributed by atoms with van der Waals surface area (Å²) in [6.45, 7) is 0. The SMILES string of the molecule is O=C1NC(=S)N(c2ccc(Cl)cc2)C(=O)[C@@H]1C=Nc1ccc(Cl)c(O)c1. The van der Waals surface area contributed by atoms with Crippen LogP contribution in [0.5, 0.6) is 5.75 Å². The molecule has 0 aromatic heterocycles. The second-order valence-corrected chi connectivity index (χ2v) is 6.57. The minimum atomic E-state index is -1.17. The molecule has 2 N–H and O–H groups in total. The maximum Gasteiger partial charge on any atom is 0.251 e. The number of carbonyl (C=O) groups is 2. The molecule has 132 valence electrons. The van der Waals surface area contributed by atoms with Gasteiger partial charge in [0.05, 0.1) is 16.4 Å². The minimum absolute atomic E-state index is 0.0175. The van der Waals surface area contributed by atoms with Gasteiger partial charge in [-0.3, -0.25) is 19.5 Å². The molecule has 3 rings (SSSR count). The van der Waals surface area contributed by atoms with Gasteiger partial charge in [0.2, 0.25) is 5.91 Å². The number of nitrogens with zero attached hydrogens (tertiary/aromatic N) is 2. The van der Waals surface area contributed by atoms with Crippen LogP contribution in [0.15, 0.2) is 47.5 Å². The number of halogens is 2. The molecule has 2 aromatic rings. The number of benzene rings is 2. The molecule has 0 spiro atoms. The first-order valence-corrected chi connectivity index (χ1v) is 8.50. The third-order valence-electron chi connectivity index (χ3n) is 3.59. The summed E-state index contributed by atoms with van der Waals surface area (Å²) in [7, 11) is 0. The molecule has 0 bridgehead atoms. The van der Waals surface area contributed by atoms with Gasteiger partial charge in [0.25, 0.3) is 5.91 Å². The molecule has 2 aromatic carbocycles. The highest BCUT2D eigenvalue weighted by Gasteiger charge is 2.38. The molecule has 2 amide bonds. The van der Waals surface area contributed by atoms with E-state index in [4.69, 9.17) is 35.4 Å². The maximum atomic E-state index is 12.8. The highest BCUT2D eigenvalue weighted by atomic mass is 35.5. The molecular formula is C17H11Cl2N3O3S. The summed E-state index contributed by atoms with van der Waals surface area (Å²) in [6, 6.07) is 10.8. The lowest BCUT2D eigenvalue weighted by Gasteiger charge is -2.30. The molecular weight excluding hydrogens is 397 g/mol. The van der Waals surface area contributed by atoms with Gasteiger partial charge >= 0.3 is 0 Å². The molecule has 1 heterocycles. The highest BCUT2D eigenvalue weighted by molar-refractivity contribution is 7.80. The van der Waals surface area contributed by atoms with Crippen LogP contribution in [0.4, 0.5) is 11.4 Å². The van der Waals surface area contributed by atoms with Gasteiger partial charge in [0.15, 0.2) is 11.0 Å². The Balaban J connectivity index is 1.88. The zero-order chi connectivity index (χ0) is 18.8. The van der Waals surface area contributed by atoms with E-state index in [1.54, 1.807) is 30.3 Å². The highest BCUT2D eigenvalue weighted by Crippen LogP contribution is 2.28. The zero-order valence-electron chi connectivity index (χ0n) is 13.0. The first-order valence-electron chi connectivity index (χ1n) is 7.34. The van der Waals surface area contributed by atoms with E-state index >= 15 is 0 Å². The van der Waals surface area contributed by atoms with E-state index in [1.165, 1.54) is 23.2 Å². The third-order valence-corrected chi connectivity index (χ3v) is 4.45. The van der Waals surface area contributed by atoms with Gasteiger partial charge in [0.1, 0.15) is 5.75 Å². The second kappa shape index (κ2) is 7.41. The molecule has 1 fully saturated rings. The number of hydrogen-bond donors (Lipinski definition) is 2. The summed E-state index contributed by atoms with van der Waals surface area (Å²) in [5, 5.41) is 12.7. The van der Waals surface area contributed by atoms with Crippen LogP contribution in [0, 0.1) is 5.92 Å². The molecule has 26 heavy (non-hydrogen) atoms. The molecule has 0 aliphatic carbocycles. The summed E-state index contributed by atoms with van der Waals surface area (Å²) in [5.74, 6) is -2.44. The molecule has 1 atom stereocenters. The molecule has 1 aliphatic rings. The summed E-state index contributed by atoms with van der Waals surface area (Å²) < 4.78 is 0. The molecule has 6 nitrogen and oxygen atoms in total. The lowest BCUT2D eigenvalue weighted by molar-refractivity contribution is -0.130. The van der Waals surface area contributed by atoms with Crippen molar-refractivity contribution in [3.05, 3.63) is 52.5 Å². The van der Waals surface area contributed by atoms with Crippen LogP contribution in [0.1, 0.15) is 0 Å². The number of carbonyl (C=O) groups excluding carboxylic acids is 2. The number of aliphatic imine (C=N–C) groups is 1. The van der Waals surface area contributed by atoms with E-state index in [0.717, 1.165) is 0 Å². The van der Waals surface area contributed by atoms with E-state index < -0.39 is 17.7 Å². The van der Waals surface area contributed by atoms with Crippen molar-refractivity contribution in [2.45, 2.75) is 0 Å². The van der Waals surface area contributed by atoms with E-state index in [-0.39, 0.29) is 15.9 Å². The fourth-order valence-corrected chi connectivity index (χ4v) is 2.84. The Bertz CT molecular complexity index is 931. The van der Waals surface area contributed by atoms with E-state index in [0.29, 0.717) is 16.4 Å². The number of nitrogens with one attached hydrogen (secondary N) is 1. The van der Waals surface area contributed by atoms with E-state index in [1.807, 2.05) is 0 Å². The number of anilines is 1. The van der Waals surface area contributed by atoms with Gasteiger partial charge in [-0.2, -0.15) is 0 Å². The van der Waals surface area contributed by atoms with Crippen molar-refractivity contribution in [2.75, 3.05) is 4.90 Å². The van der Waals surface area contributed by atoms with Gasteiger partial charge in [-0.15, -0.1) is 0 Å². The van der Waals surface area contributed by atoms with Crippen LogP contribution < -0.4 is 10.2 Å². The molecule has 1 aliphatic heterocycles. The summed E-state index contributed by atoms with van der Waals surface area (Å²) >= 11 is 16.7. The average molecular weight is 408 g/mol. The summed E-state index contributed by atoms with van der Waals surface area (Å²) in [6.07, 6.45) is 1.20. The van der Waals surface area contributed by atoms with Gasteiger partial charge in [-0.05, 0) is 48.6 Å². The normalized spacial score (nSPS) is 17.7. The van der Waals surface area contributed by atoms with Crippen molar-refractivity contribution in [3.8, 4) is 5.75 Å². The van der Waals surface area contributed by atoms with E-state index in [9.17, 15) is 14.7 Å². The zero-order valence-corrected chi connectivity index (χ0v) is 15.3. The van der Waals surface area contributed by atoms with Gasteiger partial charge in [-0.1, -0.05) is 23.2 Å². The lowest BCUT2D eigenvalue weighted by atomic mass is 10.1. The largest absolute Gasteiger partial charge is 0.506 e. The Morgan fingerprint density at radius 1 is 1.15 bits per heavy atom. The standard InChI is InChI=1S/C17H11Cl2N3O3S/c18-9-1-4-11(5-2-9)22-16(25)12(15(24)21-17(22)26)8-20-10-3-6-13(19)14(23)7-10/h1-8,12,23H,(H,21,24,26)/t12-/m1/s1. The molecule has 0 saturated carbocycles. The number of hydrogen-bond acceptors (Lipinski definition) is 5. The van der Waals surface area contributed by atoms with Crippen LogP contribution in [0.2, 0.25) is 10.0 Å². The van der Waals surface area contributed by atoms with Crippen LogP contribution in [-0.4, -0.2) is 28.2 Å². The average Bonchev–Trinajstić information content (AvgIpc) is 2.59. The Labute approximate surface area is 164 Å². The van der Waals surface area contributed by atoms with Gasteiger partial charge in [-0.25, -0.2) is 0 Å². The van der Waals surface area contributed by atoms with Crippen molar-refractivity contribution in [2.24, 2.45) is 10.9 Å². The maximum absolute atomic E-state index is 12.8. The van der Waals surface area contributed by atoms with E-state index in [2.05, 4.69) is 10.3 Å². The predicted octanol–water partition coefficient (Wildman–Crippen LogP) is 3.47. The topological polar surface area (TPSA) is 82.0 Å². The monoisotopic (exact) mass is 407 g/mol. The van der Waals surface area contributed by atoms with Crippen molar-refractivity contribution >= 4 is 69.9 Å². The van der Waals surface area contributed by atoms with Crippen LogP contribution in [-0.2, 0) is 9.59 Å². The number of phenolic OH excluding ortho intramolecular Hbond substituents is 1. The van der Waals surface area contributed by atoms with Crippen molar-refractivity contribution in [1.82, 2.24) is 5.32 Å². The van der Waals surface area contributed by atoms with Crippen molar-refractivity contribution < 1.29 is 14.7 Å². The number of thiocarbonyl (C=S) groups is 1. The minimum Gasteiger partial charge on any atom is -0.506 e. The van der Waals surface area contributed by atoms with Crippen molar-refractivity contribution in [3.63, 3.8) is 0 Å². The fraction of sp³-hybridized carbons (Fsp3) is 0.0588. The quantitative estimate of drug-likeness (QED) is 0.463. The van der Waals surface area contributed by atoms with Crippen LogP contribution in [0.25, 0.3) is 0 Å². The molecule has 0 radical (unpaired) electrons. The Kier molecular flexibility index (Phi) is 5.22. The summed E-state index contributed by atoms with van der Waals surface area (Å²) in [5.41, 5.74) is 0.825. The third kappa shape index (κ3) is 3.70. The molecule has 0 unspecified atom stereocenters. The number of aromatic hydroxyl groups is 1. The number of phenols is 1. The second-order valence-electron chi connectivity index (χ2n) is 5.34. The Morgan fingerprint density at radius 2 is 1.85 bits per heavy atom. The smallest absolute Gasteiger partial charge is 0.251 e. The molecule has 9 heteroatoms. The first-order chi connectivity index (χ1) is 12.4. The fourth-order valence-electron chi connectivity index (χ4n) is 2.30. The van der Waals surface area contributed by atoms with Crippen molar-refractivity contribution in [1.29, 1.82) is 0 Å². The Hall–Kier alpha value is -2.48. The van der Waals surface area contributed by atoms with Gasteiger partial charge < -0.3 is 10.4 Å². The number of amides is 2. The first kappa shape index (κ1) is 18.3. The Morgan fingerprint density at radius 3 is 2.50 bits per heavy atom. The molecule has 1 saturated heterocycles. The number of rotatable bonds is 3. The predicted molar refractivity (Wildman–Crippen MR) is 104 cm³/mol. The van der Waals surface area contributed by atoms with Crippen LogP contribution in [0.3, 0.4) is 0 Å².